The molecule has 0 saturated heterocycles. The Bertz CT molecular complexity index is 1500. The van der Waals surface area contributed by atoms with Gasteiger partial charge in [0.2, 0.25) is 0 Å². The van der Waals surface area contributed by atoms with Gasteiger partial charge in [-0.15, -0.1) is 0 Å². The summed E-state index contributed by atoms with van der Waals surface area (Å²) in [6.07, 6.45) is 0.932. The lowest BCUT2D eigenvalue weighted by molar-refractivity contribution is -0.137. The highest BCUT2D eigenvalue weighted by atomic mass is 19.4. The van der Waals surface area contributed by atoms with Crippen molar-refractivity contribution < 1.29 is 27.4 Å². The molecule has 0 spiro atoms. The van der Waals surface area contributed by atoms with Crippen LogP contribution in [0, 0.1) is 6.92 Å². The third kappa shape index (κ3) is 6.39. The number of carbonyl (C=O) groups is 1. The van der Waals surface area contributed by atoms with Gasteiger partial charge < -0.3 is 9.47 Å². The minimum Gasteiger partial charge on any atom is -0.487 e. The van der Waals surface area contributed by atoms with Gasteiger partial charge in [-0.05, 0) is 71.5 Å². The molecule has 202 valence electrons. The largest absolute Gasteiger partial charge is 0.487 e. The molecule has 4 rings (SSSR count). The maximum atomic E-state index is 13.7. The van der Waals surface area contributed by atoms with E-state index >= 15 is 0 Å². The summed E-state index contributed by atoms with van der Waals surface area (Å²) in [5.41, 5.74) is 3.82. The van der Waals surface area contributed by atoms with Gasteiger partial charge in [-0.2, -0.15) is 18.3 Å². The zero-order valence-electron chi connectivity index (χ0n) is 22.1. The molecule has 0 radical (unpaired) electrons. The van der Waals surface area contributed by atoms with Crippen LogP contribution in [0.25, 0.3) is 17.8 Å². The van der Waals surface area contributed by atoms with Crippen molar-refractivity contribution in [1.82, 2.24) is 9.78 Å². The zero-order valence-corrected chi connectivity index (χ0v) is 22.1. The van der Waals surface area contributed by atoms with Crippen LogP contribution in [0.4, 0.5) is 13.2 Å². The van der Waals surface area contributed by atoms with Crippen LogP contribution >= 0.6 is 0 Å². The van der Waals surface area contributed by atoms with Crippen molar-refractivity contribution in [2.75, 3.05) is 7.11 Å². The van der Waals surface area contributed by atoms with Gasteiger partial charge >= 0.3 is 12.1 Å². The first-order valence-corrected chi connectivity index (χ1v) is 12.4. The van der Waals surface area contributed by atoms with Crippen molar-refractivity contribution in [2.45, 2.75) is 39.5 Å². The van der Waals surface area contributed by atoms with E-state index in [1.54, 1.807) is 30.5 Å². The average Bonchev–Trinajstić information content (AvgIpc) is 3.35. The summed E-state index contributed by atoms with van der Waals surface area (Å²) in [6, 6.07) is 18.1. The Morgan fingerprint density at radius 1 is 1.03 bits per heavy atom. The van der Waals surface area contributed by atoms with Crippen molar-refractivity contribution in [3.63, 3.8) is 0 Å². The smallest absolute Gasteiger partial charge is 0.418 e. The molecule has 5 nitrogen and oxygen atoms in total. The number of hydrogen-bond donors (Lipinski definition) is 0. The van der Waals surface area contributed by atoms with E-state index in [0.717, 1.165) is 28.3 Å². The number of esters is 1. The number of nitrogens with zero attached hydrogens (tertiary/aromatic N) is 2. The molecule has 0 bridgehead atoms. The topological polar surface area (TPSA) is 53.4 Å². The standard InChI is InChI=1S/C31H29F3N2O3/c1-20(2)26-18-35-36(28-11-6-5-10-27(28)31(32,33)34)29(26)19-39-25-15-14-23(21(3)16-25)13-12-22-8-7-9-24(17-22)30(37)38-4/h5-18,20H,19H2,1-4H3/b13-12+. The zero-order chi connectivity index (χ0) is 28.2. The highest BCUT2D eigenvalue weighted by Gasteiger charge is 2.34. The first-order valence-electron chi connectivity index (χ1n) is 12.4. The minimum absolute atomic E-state index is 0.0385. The summed E-state index contributed by atoms with van der Waals surface area (Å²) >= 11 is 0. The molecule has 0 aliphatic heterocycles. The van der Waals surface area contributed by atoms with Crippen molar-refractivity contribution >= 4 is 18.1 Å². The van der Waals surface area contributed by atoms with Gasteiger partial charge in [-0.3, -0.25) is 0 Å². The molecule has 39 heavy (non-hydrogen) atoms. The molecule has 0 unspecified atom stereocenters. The second-order valence-electron chi connectivity index (χ2n) is 9.39. The Kier molecular flexibility index (Phi) is 8.24. The van der Waals surface area contributed by atoms with E-state index < -0.39 is 17.7 Å². The van der Waals surface area contributed by atoms with E-state index in [-0.39, 0.29) is 18.2 Å². The van der Waals surface area contributed by atoms with E-state index in [2.05, 4.69) is 5.10 Å². The van der Waals surface area contributed by atoms with Crippen LogP contribution in [0.5, 0.6) is 5.75 Å². The minimum atomic E-state index is -4.51. The highest BCUT2D eigenvalue weighted by Crippen LogP contribution is 2.35. The van der Waals surface area contributed by atoms with Gasteiger partial charge in [-0.1, -0.05) is 56.3 Å². The summed E-state index contributed by atoms with van der Waals surface area (Å²) in [5.74, 6) is 0.234. The fourth-order valence-electron chi connectivity index (χ4n) is 4.27. The van der Waals surface area contributed by atoms with Crippen LogP contribution < -0.4 is 4.74 Å². The first-order chi connectivity index (χ1) is 18.6. The number of carbonyl (C=O) groups excluding carboxylic acids is 1. The molecule has 1 heterocycles. The molecular formula is C31H29F3N2O3. The SMILES string of the molecule is COC(=O)c1cccc(/C=C/c2ccc(OCc3c(C(C)C)cnn3-c3ccccc3C(F)(F)F)cc2C)c1. The van der Waals surface area contributed by atoms with Crippen LogP contribution in [0.1, 0.15) is 63.6 Å². The molecule has 0 amide bonds. The van der Waals surface area contributed by atoms with Gasteiger partial charge in [0.25, 0.3) is 0 Å². The first kappa shape index (κ1) is 27.7. The molecule has 0 fully saturated rings. The van der Waals surface area contributed by atoms with Crippen molar-refractivity contribution in [1.29, 1.82) is 0 Å². The Balaban J connectivity index is 1.56. The van der Waals surface area contributed by atoms with Crippen molar-refractivity contribution in [3.8, 4) is 11.4 Å². The van der Waals surface area contributed by atoms with Gasteiger partial charge in [0.1, 0.15) is 12.4 Å². The molecule has 0 saturated carbocycles. The lowest BCUT2D eigenvalue weighted by Gasteiger charge is -2.17. The third-order valence-electron chi connectivity index (χ3n) is 6.34. The fourth-order valence-corrected chi connectivity index (χ4v) is 4.27. The normalized spacial score (nSPS) is 11.8. The van der Waals surface area contributed by atoms with Crippen molar-refractivity contribution in [2.24, 2.45) is 0 Å². The average molecular weight is 535 g/mol. The third-order valence-corrected chi connectivity index (χ3v) is 6.34. The Labute approximate surface area is 225 Å². The number of halogens is 3. The number of ether oxygens (including phenoxy) is 2. The van der Waals surface area contributed by atoms with Crippen LogP contribution in [0.3, 0.4) is 0 Å². The maximum absolute atomic E-state index is 13.7. The van der Waals surface area contributed by atoms with E-state index in [4.69, 9.17) is 9.47 Å². The number of methoxy groups -OCH3 is 1. The summed E-state index contributed by atoms with van der Waals surface area (Å²) in [4.78, 5) is 11.8. The van der Waals surface area contributed by atoms with E-state index in [1.165, 1.54) is 23.9 Å². The van der Waals surface area contributed by atoms with Gasteiger partial charge in [0.15, 0.2) is 0 Å². The number of rotatable bonds is 8. The van der Waals surface area contributed by atoms with Crippen LogP contribution in [-0.2, 0) is 17.5 Å². The predicted octanol–water partition coefficient (Wildman–Crippen LogP) is 7.86. The summed E-state index contributed by atoms with van der Waals surface area (Å²) in [5, 5.41) is 4.30. The van der Waals surface area contributed by atoms with Gasteiger partial charge in [0, 0.05) is 0 Å². The summed E-state index contributed by atoms with van der Waals surface area (Å²) < 4.78 is 53.3. The Hall–Kier alpha value is -4.33. The quantitative estimate of drug-likeness (QED) is 0.171. The fraction of sp³-hybridized carbons (Fsp3) is 0.226. The lowest BCUT2D eigenvalue weighted by atomic mass is 10.0. The predicted molar refractivity (Wildman–Crippen MR) is 145 cm³/mol. The van der Waals surface area contributed by atoms with Gasteiger partial charge in [-0.25, -0.2) is 9.48 Å². The van der Waals surface area contributed by atoms with E-state index in [1.807, 2.05) is 57.2 Å². The second kappa shape index (κ2) is 11.6. The molecule has 0 aliphatic rings. The molecule has 4 aromatic rings. The van der Waals surface area contributed by atoms with Crippen LogP contribution in [-0.4, -0.2) is 22.9 Å². The molecule has 3 aromatic carbocycles. The Morgan fingerprint density at radius 3 is 2.49 bits per heavy atom. The van der Waals surface area contributed by atoms with E-state index in [0.29, 0.717) is 17.0 Å². The number of para-hydroxylation sites is 1. The molecule has 1 aromatic heterocycles. The molecular weight excluding hydrogens is 505 g/mol. The number of aryl methyl sites for hydroxylation is 1. The summed E-state index contributed by atoms with van der Waals surface area (Å²) in [7, 11) is 1.34. The van der Waals surface area contributed by atoms with Crippen LogP contribution in [0.15, 0.2) is 72.9 Å². The number of benzene rings is 3. The number of aromatic nitrogens is 2. The number of alkyl halides is 3. The summed E-state index contributed by atoms with van der Waals surface area (Å²) in [6.45, 7) is 5.93. The molecule has 0 N–H and O–H groups in total. The number of hydrogen-bond acceptors (Lipinski definition) is 4. The molecule has 0 atom stereocenters. The van der Waals surface area contributed by atoms with E-state index in [9.17, 15) is 18.0 Å². The lowest BCUT2D eigenvalue weighted by Crippen LogP contribution is -2.14. The van der Waals surface area contributed by atoms with Crippen LogP contribution in [0.2, 0.25) is 0 Å². The molecule has 0 aliphatic carbocycles. The monoisotopic (exact) mass is 534 g/mol. The Morgan fingerprint density at radius 2 is 1.79 bits per heavy atom. The molecule has 8 heteroatoms. The second-order valence-corrected chi connectivity index (χ2v) is 9.39. The van der Waals surface area contributed by atoms with Crippen molar-refractivity contribution in [3.05, 3.63) is 112 Å². The van der Waals surface area contributed by atoms with Gasteiger partial charge in [0.05, 0.1) is 35.8 Å². The highest BCUT2D eigenvalue weighted by molar-refractivity contribution is 5.90. The maximum Gasteiger partial charge on any atom is 0.418 e.